The molecule has 5 heteroatoms. The molecule has 21 heavy (non-hydrogen) atoms. The molecule has 108 valence electrons. The average Bonchev–Trinajstić information content (AvgIpc) is 3.10. The Morgan fingerprint density at radius 2 is 2.05 bits per heavy atom. The Hall–Kier alpha value is -2.30. The second kappa shape index (κ2) is 4.91. The number of carbonyl (C=O) groups is 1. The lowest BCUT2D eigenvalue weighted by molar-refractivity contribution is 0.0516. The molecule has 1 saturated carbocycles. The zero-order chi connectivity index (χ0) is 14.2. The summed E-state index contributed by atoms with van der Waals surface area (Å²) in [6, 6.07) is 7.88. The number of ether oxygens (including phenoxy) is 1. The van der Waals surface area contributed by atoms with Gasteiger partial charge in [-0.05, 0) is 25.0 Å². The second-order valence-corrected chi connectivity index (χ2v) is 5.69. The Balaban J connectivity index is 1.46. The summed E-state index contributed by atoms with van der Waals surface area (Å²) in [5.74, 6) is 0.777. The Labute approximate surface area is 123 Å². The van der Waals surface area contributed by atoms with Crippen molar-refractivity contribution in [3.63, 3.8) is 0 Å². The molecule has 2 aliphatic rings. The molecule has 2 heterocycles. The Morgan fingerprint density at radius 1 is 1.24 bits per heavy atom. The molecule has 0 N–H and O–H groups in total. The van der Waals surface area contributed by atoms with Crippen LogP contribution < -0.4 is 4.74 Å². The van der Waals surface area contributed by atoms with Gasteiger partial charge in [0.15, 0.2) is 0 Å². The van der Waals surface area contributed by atoms with Gasteiger partial charge in [-0.2, -0.15) is 0 Å². The molecule has 1 saturated heterocycles. The highest BCUT2D eigenvalue weighted by Crippen LogP contribution is 2.31. The van der Waals surface area contributed by atoms with Gasteiger partial charge in [0.05, 0.1) is 24.0 Å². The fourth-order valence-corrected chi connectivity index (χ4v) is 2.58. The normalized spacial score (nSPS) is 18.4. The molecular formula is C16H17N3O2. The van der Waals surface area contributed by atoms with Gasteiger partial charge in [-0.15, -0.1) is 0 Å². The van der Waals surface area contributed by atoms with Crippen molar-refractivity contribution >= 4 is 5.91 Å². The molecule has 2 fully saturated rings. The van der Waals surface area contributed by atoms with Gasteiger partial charge in [-0.3, -0.25) is 4.79 Å². The van der Waals surface area contributed by atoms with Crippen LogP contribution in [0.15, 0.2) is 43.0 Å². The first-order chi connectivity index (χ1) is 10.3. The molecule has 0 bridgehead atoms. The van der Waals surface area contributed by atoms with Crippen LogP contribution in [-0.2, 0) is 0 Å². The van der Waals surface area contributed by atoms with Crippen LogP contribution in [0.1, 0.15) is 29.2 Å². The van der Waals surface area contributed by atoms with E-state index in [2.05, 4.69) is 9.55 Å². The summed E-state index contributed by atoms with van der Waals surface area (Å²) in [6.45, 7) is 1.46. The molecular weight excluding hydrogens is 266 g/mol. The lowest BCUT2D eigenvalue weighted by atomic mass is 10.1. The number of hydrogen-bond donors (Lipinski definition) is 0. The lowest BCUT2D eigenvalue weighted by Crippen LogP contribution is -2.50. The minimum absolute atomic E-state index is 0.0580. The van der Waals surface area contributed by atoms with Crippen molar-refractivity contribution in [2.75, 3.05) is 13.1 Å². The maximum Gasteiger partial charge on any atom is 0.257 e. The van der Waals surface area contributed by atoms with E-state index in [9.17, 15) is 4.79 Å². The van der Waals surface area contributed by atoms with E-state index >= 15 is 0 Å². The van der Waals surface area contributed by atoms with Gasteiger partial charge in [0, 0.05) is 25.5 Å². The van der Waals surface area contributed by atoms with Crippen LogP contribution in [0, 0.1) is 0 Å². The van der Waals surface area contributed by atoms with Crippen LogP contribution in [0.2, 0.25) is 0 Å². The summed E-state index contributed by atoms with van der Waals surface area (Å²) in [5.41, 5.74) is 0.675. The van der Waals surface area contributed by atoms with Crippen molar-refractivity contribution in [3.8, 4) is 5.75 Å². The van der Waals surface area contributed by atoms with Gasteiger partial charge < -0.3 is 14.2 Å². The number of likely N-dealkylation sites (tertiary alicyclic amines) is 1. The van der Waals surface area contributed by atoms with E-state index in [-0.39, 0.29) is 5.91 Å². The minimum atomic E-state index is 0.0580. The number of benzene rings is 1. The smallest absolute Gasteiger partial charge is 0.257 e. The Kier molecular flexibility index (Phi) is 2.91. The third-order valence-corrected chi connectivity index (χ3v) is 4.03. The van der Waals surface area contributed by atoms with Crippen molar-refractivity contribution < 1.29 is 9.53 Å². The van der Waals surface area contributed by atoms with E-state index in [0.717, 1.165) is 31.7 Å². The number of para-hydroxylation sites is 1. The molecule has 0 spiro atoms. The number of rotatable bonds is 4. The zero-order valence-electron chi connectivity index (χ0n) is 11.7. The highest BCUT2D eigenvalue weighted by molar-refractivity contribution is 5.97. The first-order valence-electron chi connectivity index (χ1n) is 7.33. The van der Waals surface area contributed by atoms with Crippen LogP contribution in [0.5, 0.6) is 5.75 Å². The highest BCUT2D eigenvalue weighted by Gasteiger charge is 2.34. The van der Waals surface area contributed by atoms with Crippen molar-refractivity contribution in [2.45, 2.75) is 25.0 Å². The van der Waals surface area contributed by atoms with E-state index in [1.54, 1.807) is 12.5 Å². The molecule has 1 aromatic heterocycles. The summed E-state index contributed by atoms with van der Waals surface area (Å²) in [4.78, 5) is 18.5. The summed E-state index contributed by atoms with van der Waals surface area (Å²) in [7, 11) is 0. The van der Waals surface area contributed by atoms with E-state index in [0.29, 0.717) is 17.7 Å². The third-order valence-electron chi connectivity index (χ3n) is 4.03. The van der Waals surface area contributed by atoms with Gasteiger partial charge in [-0.25, -0.2) is 4.98 Å². The predicted molar refractivity (Wildman–Crippen MR) is 77.3 cm³/mol. The maximum atomic E-state index is 12.6. The number of imidazole rings is 1. The van der Waals surface area contributed by atoms with E-state index in [1.807, 2.05) is 35.4 Å². The summed E-state index contributed by atoms with van der Waals surface area (Å²) >= 11 is 0. The fraction of sp³-hybridized carbons (Fsp3) is 0.375. The average molecular weight is 283 g/mol. The fourth-order valence-electron chi connectivity index (χ4n) is 2.58. The number of nitrogens with zero attached hydrogens (tertiary/aromatic N) is 3. The molecule has 0 atom stereocenters. The lowest BCUT2D eigenvalue weighted by Gasteiger charge is -2.40. The van der Waals surface area contributed by atoms with Crippen LogP contribution >= 0.6 is 0 Å². The van der Waals surface area contributed by atoms with Gasteiger partial charge in [0.2, 0.25) is 0 Å². The number of hydrogen-bond acceptors (Lipinski definition) is 3. The number of aromatic nitrogens is 2. The standard InChI is InChI=1S/C16H17N3O2/c20-16(19-9-12(10-19)18-8-7-17-11-18)14-3-1-2-4-15(14)21-13-5-6-13/h1-4,7-8,11-13H,5-6,9-10H2. The quantitative estimate of drug-likeness (QED) is 0.863. The summed E-state index contributed by atoms with van der Waals surface area (Å²) in [5, 5.41) is 0. The molecule has 0 unspecified atom stereocenters. The van der Waals surface area contributed by atoms with Gasteiger partial charge in [-0.1, -0.05) is 12.1 Å². The summed E-state index contributed by atoms with van der Waals surface area (Å²) in [6.07, 6.45) is 7.99. The highest BCUT2D eigenvalue weighted by atomic mass is 16.5. The molecule has 5 nitrogen and oxygen atoms in total. The maximum absolute atomic E-state index is 12.6. The number of amides is 1. The third kappa shape index (κ3) is 2.39. The van der Waals surface area contributed by atoms with Gasteiger partial charge >= 0.3 is 0 Å². The summed E-state index contributed by atoms with van der Waals surface area (Å²) < 4.78 is 7.88. The van der Waals surface area contributed by atoms with Gasteiger partial charge in [0.25, 0.3) is 5.91 Å². The van der Waals surface area contributed by atoms with Crippen molar-refractivity contribution in [1.82, 2.24) is 14.5 Å². The minimum Gasteiger partial charge on any atom is -0.490 e. The van der Waals surface area contributed by atoms with E-state index < -0.39 is 0 Å². The van der Waals surface area contributed by atoms with Crippen LogP contribution in [0.25, 0.3) is 0 Å². The first-order valence-corrected chi connectivity index (χ1v) is 7.33. The van der Waals surface area contributed by atoms with Crippen LogP contribution in [0.3, 0.4) is 0 Å². The molecule has 0 radical (unpaired) electrons. The molecule has 1 aromatic carbocycles. The van der Waals surface area contributed by atoms with E-state index in [1.165, 1.54) is 0 Å². The van der Waals surface area contributed by atoms with Crippen molar-refractivity contribution in [2.24, 2.45) is 0 Å². The number of carbonyl (C=O) groups excluding carboxylic acids is 1. The largest absolute Gasteiger partial charge is 0.490 e. The Morgan fingerprint density at radius 3 is 2.76 bits per heavy atom. The predicted octanol–water partition coefficient (Wildman–Crippen LogP) is 2.12. The molecule has 1 aliphatic heterocycles. The molecule has 1 aliphatic carbocycles. The second-order valence-electron chi connectivity index (χ2n) is 5.69. The van der Waals surface area contributed by atoms with Crippen molar-refractivity contribution in [1.29, 1.82) is 0 Å². The monoisotopic (exact) mass is 283 g/mol. The molecule has 1 amide bonds. The Bertz CT molecular complexity index is 643. The topological polar surface area (TPSA) is 47.4 Å². The molecule has 4 rings (SSSR count). The SMILES string of the molecule is O=C(c1ccccc1OC1CC1)N1CC(n2ccnc2)C1. The van der Waals surface area contributed by atoms with Crippen molar-refractivity contribution in [3.05, 3.63) is 48.5 Å². The first kappa shape index (κ1) is 12.4. The van der Waals surface area contributed by atoms with Crippen LogP contribution in [-0.4, -0.2) is 39.6 Å². The van der Waals surface area contributed by atoms with Crippen LogP contribution in [0.4, 0.5) is 0 Å². The zero-order valence-corrected chi connectivity index (χ0v) is 11.7. The van der Waals surface area contributed by atoms with E-state index in [4.69, 9.17) is 4.74 Å². The molecule has 2 aromatic rings. The van der Waals surface area contributed by atoms with Gasteiger partial charge in [0.1, 0.15) is 5.75 Å².